The lowest BCUT2D eigenvalue weighted by Gasteiger charge is -2.16. The summed E-state index contributed by atoms with van der Waals surface area (Å²) in [4.78, 5) is 33.2. The first-order valence-corrected chi connectivity index (χ1v) is 9.56. The largest absolute Gasteiger partial charge is 0.465 e. The van der Waals surface area contributed by atoms with E-state index in [0.717, 1.165) is 35.4 Å². The standard InChI is InChI=1S/C20H22N6O3/c27-17-3-1-11-26(17)16-6-4-15(5-7-16)23-19-22-13-14-8-12-25(18(14)24-19)10-2-9-21-20(28)29/h4-8,12-13,21H,1-3,9-11H2,(H,28,29)(H,22,23,24). The van der Waals surface area contributed by atoms with Gasteiger partial charge in [-0.25, -0.2) is 9.78 Å². The van der Waals surface area contributed by atoms with E-state index in [1.165, 1.54) is 0 Å². The lowest BCUT2D eigenvalue weighted by atomic mass is 10.2. The molecule has 0 unspecified atom stereocenters. The number of carbonyl (C=O) groups excluding carboxylic acids is 1. The molecule has 1 fully saturated rings. The zero-order valence-electron chi connectivity index (χ0n) is 15.8. The van der Waals surface area contributed by atoms with Gasteiger partial charge >= 0.3 is 6.09 Å². The Morgan fingerprint density at radius 3 is 2.76 bits per heavy atom. The summed E-state index contributed by atoms with van der Waals surface area (Å²) in [5, 5.41) is 15.1. The van der Waals surface area contributed by atoms with E-state index < -0.39 is 6.09 Å². The van der Waals surface area contributed by atoms with Crippen LogP contribution in [-0.2, 0) is 11.3 Å². The maximum atomic E-state index is 11.9. The summed E-state index contributed by atoms with van der Waals surface area (Å²) >= 11 is 0. The third-order valence-electron chi connectivity index (χ3n) is 4.86. The number of carbonyl (C=O) groups is 2. The Bertz CT molecular complexity index is 1030. The van der Waals surface area contributed by atoms with E-state index in [-0.39, 0.29) is 5.91 Å². The summed E-state index contributed by atoms with van der Waals surface area (Å²) in [5.74, 6) is 0.643. The van der Waals surface area contributed by atoms with Gasteiger partial charge in [0, 0.05) is 55.2 Å². The van der Waals surface area contributed by atoms with Gasteiger partial charge in [-0.15, -0.1) is 0 Å². The summed E-state index contributed by atoms with van der Waals surface area (Å²) in [6.45, 7) is 1.81. The minimum Gasteiger partial charge on any atom is -0.465 e. The van der Waals surface area contributed by atoms with E-state index >= 15 is 0 Å². The molecule has 0 aliphatic carbocycles. The van der Waals surface area contributed by atoms with Crippen LogP contribution in [0.5, 0.6) is 0 Å². The Morgan fingerprint density at radius 2 is 2.03 bits per heavy atom. The van der Waals surface area contributed by atoms with Gasteiger partial charge in [-0.1, -0.05) is 0 Å². The van der Waals surface area contributed by atoms with Gasteiger partial charge < -0.3 is 25.2 Å². The van der Waals surface area contributed by atoms with E-state index in [2.05, 4.69) is 20.6 Å². The number of carboxylic acid groups (broad SMARTS) is 1. The molecular formula is C20H22N6O3. The van der Waals surface area contributed by atoms with Gasteiger partial charge in [0.1, 0.15) is 5.65 Å². The molecule has 1 aliphatic rings. The number of anilines is 3. The molecule has 0 bridgehead atoms. The van der Waals surface area contributed by atoms with E-state index in [9.17, 15) is 9.59 Å². The number of aromatic nitrogens is 3. The monoisotopic (exact) mass is 394 g/mol. The molecule has 29 heavy (non-hydrogen) atoms. The van der Waals surface area contributed by atoms with Crippen LogP contribution >= 0.6 is 0 Å². The molecule has 4 rings (SSSR count). The van der Waals surface area contributed by atoms with Crippen molar-refractivity contribution in [3.63, 3.8) is 0 Å². The van der Waals surface area contributed by atoms with Crippen LogP contribution in [0, 0.1) is 0 Å². The first kappa shape index (κ1) is 18.7. The lowest BCUT2D eigenvalue weighted by molar-refractivity contribution is -0.117. The van der Waals surface area contributed by atoms with Gasteiger partial charge in [0.25, 0.3) is 0 Å². The predicted molar refractivity (Wildman–Crippen MR) is 109 cm³/mol. The Morgan fingerprint density at radius 1 is 1.21 bits per heavy atom. The predicted octanol–water partition coefficient (Wildman–Crippen LogP) is 2.96. The number of aryl methyl sites for hydroxylation is 1. The second-order valence-electron chi connectivity index (χ2n) is 6.89. The van der Waals surface area contributed by atoms with Crippen LogP contribution in [0.2, 0.25) is 0 Å². The molecule has 150 valence electrons. The maximum absolute atomic E-state index is 11.9. The zero-order chi connectivity index (χ0) is 20.2. The summed E-state index contributed by atoms with van der Waals surface area (Å²) in [5.41, 5.74) is 2.53. The SMILES string of the molecule is O=C(O)NCCCn1ccc2cnc(Nc3ccc(N4CCCC4=O)cc3)nc21. The number of amides is 2. The molecule has 0 radical (unpaired) electrons. The van der Waals surface area contributed by atoms with Crippen molar-refractivity contribution in [1.29, 1.82) is 0 Å². The third kappa shape index (κ3) is 4.29. The van der Waals surface area contributed by atoms with Gasteiger partial charge in [0.2, 0.25) is 11.9 Å². The Kier molecular flexibility index (Phi) is 5.28. The van der Waals surface area contributed by atoms with Crippen molar-refractivity contribution in [3.8, 4) is 0 Å². The van der Waals surface area contributed by atoms with Crippen molar-refractivity contribution in [3.05, 3.63) is 42.7 Å². The van der Waals surface area contributed by atoms with Crippen LogP contribution in [-0.4, -0.2) is 44.7 Å². The highest BCUT2D eigenvalue weighted by atomic mass is 16.4. The third-order valence-corrected chi connectivity index (χ3v) is 4.86. The van der Waals surface area contributed by atoms with Crippen LogP contribution in [0.1, 0.15) is 19.3 Å². The Hall–Kier alpha value is -3.62. The number of benzene rings is 1. The topological polar surface area (TPSA) is 112 Å². The van der Waals surface area contributed by atoms with Crippen LogP contribution < -0.4 is 15.5 Å². The Labute approximate surface area is 167 Å². The molecule has 2 amide bonds. The normalized spacial score (nSPS) is 13.8. The van der Waals surface area contributed by atoms with Gasteiger partial charge in [-0.05, 0) is 43.2 Å². The first-order valence-electron chi connectivity index (χ1n) is 9.56. The molecule has 1 aromatic carbocycles. The molecular weight excluding hydrogens is 372 g/mol. The van der Waals surface area contributed by atoms with Crippen LogP contribution in [0.3, 0.4) is 0 Å². The quantitative estimate of drug-likeness (QED) is 0.531. The van der Waals surface area contributed by atoms with Crippen molar-refractivity contribution in [2.24, 2.45) is 0 Å². The minimum absolute atomic E-state index is 0.166. The number of rotatable bonds is 7. The summed E-state index contributed by atoms with van der Waals surface area (Å²) < 4.78 is 1.98. The summed E-state index contributed by atoms with van der Waals surface area (Å²) in [7, 11) is 0. The van der Waals surface area contributed by atoms with Crippen molar-refractivity contribution >= 4 is 40.4 Å². The molecule has 3 N–H and O–H groups in total. The minimum atomic E-state index is -1.02. The second kappa shape index (κ2) is 8.17. The van der Waals surface area contributed by atoms with Crippen LogP contribution in [0.4, 0.5) is 22.1 Å². The second-order valence-corrected chi connectivity index (χ2v) is 6.89. The number of fused-ring (bicyclic) bond motifs is 1. The molecule has 0 atom stereocenters. The molecule has 0 saturated carbocycles. The number of hydrogen-bond acceptors (Lipinski definition) is 5. The molecule has 3 aromatic rings. The zero-order valence-corrected chi connectivity index (χ0v) is 15.8. The molecule has 1 saturated heterocycles. The van der Waals surface area contributed by atoms with Crippen molar-refractivity contribution in [2.75, 3.05) is 23.3 Å². The van der Waals surface area contributed by atoms with Gasteiger partial charge in [0.15, 0.2) is 0 Å². The van der Waals surface area contributed by atoms with Crippen molar-refractivity contribution < 1.29 is 14.7 Å². The molecule has 0 spiro atoms. The fourth-order valence-corrected chi connectivity index (χ4v) is 3.43. The molecule has 3 heterocycles. The van der Waals surface area contributed by atoms with Crippen LogP contribution in [0.15, 0.2) is 42.7 Å². The van der Waals surface area contributed by atoms with E-state index in [1.807, 2.05) is 41.1 Å². The number of nitrogens with zero attached hydrogens (tertiary/aromatic N) is 4. The van der Waals surface area contributed by atoms with Gasteiger partial charge in [0.05, 0.1) is 0 Å². The van der Waals surface area contributed by atoms with E-state index in [0.29, 0.717) is 31.9 Å². The molecule has 9 nitrogen and oxygen atoms in total. The van der Waals surface area contributed by atoms with Crippen molar-refractivity contribution in [1.82, 2.24) is 19.9 Å². The van der Waals surface area contributed by atoms with Gasteiger partial charge in [-0.3, -0.25) is 4.79 Å². The first-order chi connectivity index (χ1) is 14.1. The van der Waals surface area contributed by atoms with Gasteiger partial charge in [-0.2, -0.15) is 4.98 Å². The van der Waals surface area contributed by atoms with Crippen LogP contribution in [0.25, 0.3) is 11.0 Å². The highest BCUT2D eigenvalue weighted by Gasteiger charge is 2.21. The molecule has 9 heteroatoms. The maximum Gasteiger partial charge on any atom is 0.404 e. The van der Waals surface area contributed by atoms with Crippen molar-refractivity contribution in [2.45, 2.75) is 25.8 Å². The van der Waals surface area contributed by atoms with E-state index in [4.69, 9.17) is 5.11 Å². The lowest BCUT2D eigenvalue weighted by Crippen LogP contribution is -2.23. The summed E-state index contributed by atoms with van der Waals surface area (Å²) in [6, 6.07) is 9.59. The smallest absolute Gasteiger partial charge is 0.404 e. The number of nitrogens with one attached hydrogen (secondary N) is 2. The fourth-order valence-electron chi connectivity index (χ4n) is 3.43. The fraction of sp³-hybridized carbons (Fsp3) is 0.300. The Balaban J connectivity index is 1.44. The average Bonchev–Trinajstić information content (AvgIpc) is 3.32. The highest BCUT2D eigenvalue weighted by molar-refractivity contribution is 5.95. The molecule has 1 aliphatic heterocycles. The molecule has 2 aromatic heterocycles. The highest BCUT2D eigenvalue weighted by Crippen LogP contribution is 2.24. The number of hydrogen-bond donors (Lipinski definition) is 3. The average molecular weight is 394 g/mol. The van der Waals surface area contributed by atoms with E-state index in [1.54, 1.807) is 11.1 Å². The summed E-state index contributed by atoms with van der Waals surface area (Å²) in [6.07, 6.45) is 4.84.